The number of nitrogens with one attached hydrogen (secondary N) is 2. The molecular formula is C20H19Cl2N3O2. The molecule has 5 nitrogen and oxygen atoms in total. The van der Waals surface area contributed by atoms with Crippen molar-refractivity contribution in [3.05, 3.63) is 63.1 Å². The van der Waals surface area contributed by atoms with E-state index < -0.39 is 0 Å². The Balaban J connectivity index is 1.34. The van der Waals surface area contributed by atoms with Gasteiger partial charge in [0.25, 0.3) is 0 Å². The van der Waals surface area contributed by atoms with Gasteiger partial charge in [-0.25, -0.2) is 4.79 Å². The van der Waals surface area contributed by atoms with Gasteiger partial charge in [0.1, 0.15) is 0 Å². The van der Waals surface area contributed by atoms with E-state index in [1.807, 2.05) is 30.3 Å². The summed E-state index contributed by atoms with van der Waals surface area (Å²) in [4.78, 5) is 26.5. The van der Waals surface area contributed by atoms with Crippen LogP contribution >= 0.6 is 23.2 Å². The SMILES string of the molecule is O=C(NCC(=O)N1CCc2ccccc21)NC1CCc2c1ccc(Cl)c2Cl. The minimum absolute atomic E-state index is 0.0406. The second-order valence-electron chi connectivity index (χ2n) is 6.77. The van der Waals surface area contributed by atoms with E-state index >= 15 is 0 Å². The van der Waals surface area contributed by atoms with Crippen LogP contribution in [-0.4, -0.2) is 25.0 Å². The maximum Gasteiger partial charge on any atom is 0.315 e. The normalized spacial score (nSPS) is 17.4. The molecule has 7 heteroatoms. The van der Waals surface area contributed by atoms with E-state index in [9.17, 15) is 9.59 Å². The molecule has 0 aromatic heterocycles. The lowest BCUT2D eigenvalue weighted by Crippen LogP contribution is -2.44. The lowest BCUT2D eigenvalue weighted by Gasteiger charge is -2.19. The minimum atomic E-state index is -0.361. The molecule has 0 radical (unpaired) electrons. The number of rotatable bonds is 3. The lowest BCUT2D eigenvalue weighted by atomic mass is 10.1. The number of para-hydroxylation sites is 1. The summed E-state index contributed by atoms with van der Waals surface area (Å²) in [6, 6.07) is 11.0. The summed E-state index contributed by atoms with van der Waals surface area (Å²) in [5.41, 5.74) is 4.06. The van der Waals surface area contributed by atoms with Crippen molar-refractivity contribution in [2.75, 3.05) is 18.0 Å². The number of amides is 3. The Hall–Kier alpha value is -2.24. The van der Waals surface area contributed by atoms with Crippen LogP contribution in [0.15, 0.2) is 36.4 Å². The molecule has 2 aromatic carbocycles. The molecule has 0 fully saturated rings. The van der Waals surface area contributed by atoms with E-state index in [0.29, 0.717) is 16.6 Å². The number of anilines is 1. The van der Waals surface area contributed by atoms with E-state index in [0.717, 1.165) is 41.6 Å². The summed E-state index contributed by atoms with van der Waals surface area (Å²) in [6.45, 7) is 0.609. The van der Waals surface area contributed by atoms with E-state index in [4.69, 9.17) is 23.2 Å². The van der Waals surface area contributed by atoms with Crippen molar-refractivity contribution >= 4 is 40.8 Å². The first-order valence-corrected chi connectivity index (χ1v) is 9.69. The fourth-order valence-corrected chi connectivity index (χ4v) is 4.28. The molecule has 0 saturated heterocycles. The van der Waals surface area contributed by atoms with Crippen molar-refractivity contribution in [2.45, 2.75) is 25.3 Å². The highest BCUT2D eigenvalue weighted by Gasteiger charge is 2.28. The highest BCUT2D eigenvalue weighted by Crippen LogP contribution is 2.39. The molecule has 0 bridgehead atoms. The molecule has 3 amide bonds. The molecule has 1 aliphatic carbocycles. The lowest BCUT2D eigenvalue weighted by molar-refractivity contribution is -0.117. The van der Waals surface area contributed by atoms with Gasteiger partial charge >= 0.3 is 6.03 Å². The smallest absolute Gasteiger partial charge is 0.315 e. The Labute approximate surface area is 167 Å². The summed E-state index contributed by atoms with van der Waals surface area (Å²) in [7, 11) is 0. The van der Waals surface area contributed by atoms with Gasteiger partial charge in [0.05, 0.1) is 22.6 Å². The molecular weight excluding hydrogens is 385 g/mol. The Kier molecular flexibility index (Phi) is 4.98. The van der Waals surface area contributed by atoms with Crippen molar-refractivity contribution in [3.8, 4) is 0 Å². The van der Waals surface area contributed by atoms with Crippen LogP contribution in [0.2, 0.25) is 10.0 Å². The maximum absolute atomic E-state index is 12.5. The molecule has 27 heavy (non-hydrogen) atoms. The molecule has 2 aromatic rings. The minimum Gasteiger partial charge on any atom is -0.331 e. The van der Waals surface area contributed by atoms with Crippen LogP contribution < -0.4 is 15.5 Å². The quantitative estimate of drug-likeness (QED) is 0.816. The van der Waals surface area contributed by atoms with Gasteiger partial charge in [-0.1, -0.05) is 47.5 Å². The Morgan fingerprint density at radius 3 is 2.78 bits per heavy atom. The second kappa shape index (κ2) is 7.41. The van der Waals surface area contributed by atoms with Gasteiger partial charge in [-0.05, 0) is 48.1 Å². The highest BCUT2D eigenvalue weighted by atomic mass is 35.5. The number of halogens is 2. The van der Waals surface area contributed by atoms with Crippen LogP contribution in [0.3, 0.4) is 0 Å². The molecule has 1 aliphatic heterocycles. The predicted molar refractivity (Wildman–Crippen MR) is 107 cm³/mol. The largest absolute Gasteiger partial charge is 0.331 e. The van der Waals surface area contributed by atoms with Gasteiger partial charge in [-0.2, -0.15) is 0 Å². The van der Waals surface area contributed by atoms with Gasteiger partial charge in [0.15, 0.2) is 0 Å². The highest BCUT2D eigenvalue weighted by molar-refractivity contribution is 6.42. The van der Waals surface area contributed by atoms with E-state index in [1.165, 1.54) is 0 Å². The average Bonchev–Trinajstić information content (AvgIpc) is 3.27. The first kappa shape index (κ1) is 18.1. The summed E-state index contributed by atoms with van der Waals surface area (Å²) in [6.07, 6.45) is 2.37. The number of hydrogen-bond donors (Lipinski definition) is 2. The standard InChI is InChI=1S/C20H19Cl2N3O2/c21-15-7-5-13-14(19(15)22)6-8-16(13)24-20(27)23-11-18(26)25-10-9-12-3-1-2-4-17(12)25/h1-5,7,16H,6,8-11H2,(H2,23,24,27). The van der Waals surface area contributed by atoms with Crippen LogP contribution in [0.4, 0.5) is 10.5 Å². The fraction of sp³-hybridized carbons (Fsp3) is 0.300. The molecule has 1 unspecified atom stereocenters. The number of nitrogens with zero attached hydrogens (tertiary/aromatic N) is 1. The molecule has 4 rings (SSSR count). The number of benzene rings is 2. The maximum atomic E-state index is 12.5. The van der Waals surface area contributed by atoms with Gasteiger partial charge in [-0.3, -0.25) is 4.79 Å². The molecule has 1 heterocycles. The molecule has 0 saturated carbocycles. The fourth-order valence-electron chi connectivity index (χ4n) is 3.84. The predicted octanol–water partition coefficient (Wildman–Crippen LogP) is 3.87. The van der Waals surface area contributed by atoms with Crippen molar-refractivity contribution in [3.63, 3.8) is 0 Å². The average molecular weight is 404 g/mol. The Morgan fingerprint density at radius 2 is 1.93 bits per heavy atom. The van der Waals surface area contributed by atoms with Crippen LogP contribution in [0.1, 0.15) is 29.2 Å². The monoisotopic (exact) mass is 403 g/mol. The summed E-state index contributed by atoms with van der Waals surface area (Å²) < 4.78 is 0. The van der Waals surface area contributed by atoms with Gasteiger partial charge in [0.2, 0.25) is 5.91 Å². The molecule has 2 N–H and O–H groups in total. The topological polar surface area (TPSA) is 61.4 Å². The summed E-state index contributed by atoms with van der Waals surface area (Å²) in [5.74, 6) is -0.114. The van der Waals surface area contributed by atoms with Crippen molar-refractivity contribution in [1.82, 2.24) is 10.6 Å². The number of carbonyl (C=O) groups is 2. The Bertz CT molecular complexity index is 916. The molecule has 0 spiro atoms. The molecule has 1 atom stereocenters. The zero-order valence-electron chi connectivity index (χ0n) is 14.6. The van der Waals surface area contributed by atoms with E-state index in [-0.39, 0.29) is 24.5 Å². The Morgan fingerprint density at radius 1 is 1.11 bits per heavy atom. The first-order valence-electron chi connectivity index (χ1n) is 8.94. The van der Waals surface area contributed by atoms with Crippen LogP contribution in [0.25, 0.3) is 0 Å². The second-order valence-corrected chi connectivity index (χ2v) is 7.56. The summed E-state index contributed by atoms with van der Waals surface area (Å²) >= 11 is 12.3. The molecule has 140 valence electrons. The van der Waals surface area contributed by atoms with E-state index in [2.05, 4.69) is 10.6 Å². The van der Waals surface area contributed by atoms with Crippen molar-refractivity contribution < 1.29 is 9.59 Å². The van der Waals surface area contributed by atoms with Gasteiger partial charge < -0.3 is 15.5 Å². The third-order valence-corrected chi connectivity index (χ3v) is 6.03. The zero-order valence-corrected chi connectivity index (χ0v) is 16.1. The van der Waals surface area contributed by atoms with Crippen LogP contribution in [0.5, 0.6) is 0 Å². The number of fused-ring (bicyclic) bond motifs is 2. The van der Waals surface area contributed by atoms with Crippen LogP contribution in [-0.2, 0) is 17.6 Å². The third-order valence-electron chi connectivity index (χ3n) is 5.18. The molecule has 2 aliphatic rings. The first-order chi connectivity index (χ1) is 13.0. The zero-order chi connectivity index (χ0) is 19.0. The third kappa shape index (κ3) is 3.49. The summed E-state index contributed by atoms with van der Waals surface area (Å²) in [5, 5.41) is 6.68. The van der Waals surface area contributed by atoms with Gasteiger partial charge in [0, 0.05) is 12.2 Å². The number of carbonyl (C=O) groups excluding carboxylic acids is 2. The van der Waals surface area contributed by atoms with Gasteiger partial charge in [-0.15, -0.1) is 0 Å². The number of hydrogen-bond acceptors (Lipinski definition) is 2. The van der Waals surface area contributed by atoms with Crippen molar-refractivity contribution in [2.24, 2.45) is 0 Å². The van der Waals surface area contributed by atoms with Crippen molar-refractivity contribution in [1.29, 1.82) is 0 Å². The van der Waals surface area contributed by atoms with Crippen LogP contribution in [0, 0.1) is 0 Å². The van der Waals surface area contributed by atoms with E-state index in [1.54, 1.807) is 11.0 Å². The number of urea groups is 1.